The van der Waals surface area contributed by atoms with Gasteiger partial charge in [0.15, 0.2) is 0 Å². The molecule has 20 heavy (non-hydrogen) atoms. The average molecular weight is 278 g/mol. The topological polar surface area (TPSA) is 58.3 Å². The predicted molar refractivity (Wildman–Crippen MR) is 74.4 cm³/mol. The van der Waals surface area contributed by atoms with E-state index in [0.717, 1.165) is 5.56 Å². The van der Waals surface area contributed by atoms with E-state index in [0.29, 0.717) is 11.4 Å². The summed E-state index contributed by atoms with van der Waals surface area (Å²) in [5, 5.41) is 12.4. The van der Waals surface area contributed by atoms with Gasteiger partial charge >= 0.3 is 0 Å². The van der Waals surface area contributed by atoms with Crippen LogP contribution in [-0.4, -0.2) is 22.7 Å². The van der Waals surface area contributed by atoms with Gasteiger partial charge in [0.2, 0.25) is 0 Å². The smallest absolute Gasteiger partial charge is 0.146 e. The van der Waals surface area contributed by atoms with Crippen LogP contribution in [-0.2, 0) is 6.54 Å². The molecule has 0 fully saturated rings. The molecule has 2 heterocycles. The van der Waals surface area contributed by atoms with Crippen molar-refractivity contribution in [3.8, 4) is 11.3 Å². The molecule has 2 aromatic rings. The largest absolute Gasteiger partial charge is 0.472 e. The molecular formula is C15H19FN2O2. The van der Waals surface area contributed by atoms with E-state index in [1.54, 1.807) is 24.7 Å². The van der Waals surface area contributed by atoms with Crippen molar-refractivity contribution in [3.05, 3.63) is 42.2 Å². The molecule has 0 saturated heterocycles. The first-order valence-corrected chi connectivity index (χ1v) is 6.64. The van der Waals surface area contributed by atoms with Crippen molar-refractivity contribution in [3.63, 3.8) is 0 Å². The lowest BCUT2D eigenvalue weighted by atomic mass is 10.1. The van der Waals surface area contributed by atoms with E-state index in [2.05, 4.69) is 10.3 Å². The fourth-order valence-corrected chi connectivity index (χ4v) is 1.92. The molecule has 0 aliphatic rings. The van der Waals surface area contributed by atoms with Crippen molar-refractivity contribution in [1.29, 1.82) is 0 Å². The second-order valence-electron chi connectivity index (χ2n) is 5.05. The maximum Gasteiger partial charge on any atom is 0.146 e. The molecule has 2 rings (SSSR count). The Balaban J connectivity index is 2.13. The van der Waals surface area contributed by atoms with E-state index < -0.39 is 0 Å². The van der Waals surface area contributed by atoms with Crippen LogP contribution < -0.4 is 5.32 Å². The van der Waals surface area contributed by atoms with Gasteiger partial charge in [0.05, 0.1) is 30.5 Å². The number of nitrogens with zero attached hydrogens (tertiary/aromatic N) is 1. The fraction of sp³-hybridized carbons (Fsp3) is 0.400. The third-order valence-corrected chi connectivity index (χ3v) is 3.27. The van der Waals surface area contributed by atoms with E-state index in [1.165, 1.54) is 6.07 Å². The number of aliphatic hydroxyl groups is 1. The second kappa shape index (κ2) is 6.63. The molecule has 0 radical (unpaired) electrons. The number of hydrogen-bond donors (Lipinski definition) is 2. The monoisotopic (exact) mass is 278 g/mol. The predicted octanol–water partition coefficient (Wildman–Crippen LogP) is 2.59. The number of furan rings is 1. The van der Waals surface area contributed by atoms with Crippen LogP contribution in [0, 0.1) is 11.7 Å². The van der Waals surface area contributed by atoms with Gasteiger partial charge in [0.25, 0.3) is 0 Å². The zero-order valence-corrected chi connectivity index (χ0v) is 11.6. The van der Waals surface area contributed by atoms with E-state index in [9.17, 15) is 9.50 Å². The number of rotatable bonds is 6. The van der Waals surface area contributed by atoms with Gasteiger partial charge in [-0.1, -0.05) is 13.8 Å². The Hall–Kier alpha value is -1.72. The lowest BCUT2D eigenvalue weighted by Crippen LogP contribution is -2.36. The molecule has 2 aromatic heterocycles. The Morgan fingerprint density at radius 2 is 2.15 bits per heavy atom. The van der Waals surface area contributed by atoms with E-state index in [-0.39, 0.29) is 30.9 Å². The van der Waals surface area contributed by atoms with E-state index in [4.69, 9.17) is 4.42 Å². The highest BCUT2D eigenvalue weighted by atomic mass is 19.1. The van der Waals surface area contributed by atoms with E-state index in [1.807, 2.05) is 13.8 Å². The first-order valence-electron chi connectivity index (χ1n) is 6.64. The summed E-state index contributed by atoms with van der Waals surface area (Å²) >= 11 is 0. The van der Waals surface area contributed by atoms with Gasteiger partial charge in [-0.2, -0.15) is 0 Å². The highest BCUT2D eigenvalue weighted by Gasteiger charge is 2.14. The first-order chi connectivity index (χ1) is 9.61. The molecule has 0 amide bonds. The lowest BCUT2D eigenvalue weighted by molar-refractivity contribution is 0.209. The number of nitrogens with one attached hydrogen (secondary N) is 1. The van der Waals surface area contributed by atoms with Crippen molar-refractivity contribution in [1.82, 2.24) is 10.3 Å². The normalized spacial score (nSPS) is 12.8. The summed E-state index contributed by atoms with van der Waals surface area (Å²) < 4.78 is 18.8. The minimum Gasteiger partial charge on any atom is -0.472 e. The highest BCUT2D eigenvalue weighted by Crippen LogP contribution is 2.19. The van der Waals surface area contributed by atoms with Crippen LogP contribution in [0.15, 0.2) is 35.1 Å². The number of pyridine rings is 1. The molecule has 0 spiro atoms. The zero-order chi connectivity index (χ0) is 14.5. The van der Waals surface area contributed by atoms with Crippen LogP contribution in [0.1, 0.15) is 19.5 Å². The summed E-state index contributed by atoms with van der Waals surface area (Å²) in [6, 6.07) is 4.72. The number of hydrogen-bond acceptors (Lipinski definition) is 4. The van der Waals surface area contributed by atoms with Crippen molar-refractivity contribution in [2.24, 2.45) is 5.92 Å². The van der Waals surface area contributed by atoms with Gasteiger partial charge < -0.3 is 14.8 Å². The Bertz CT molecular complexity index is 541. The Morgan fingerprint density at radius 3 is 2.75 bits per heavy atom. The maximum absolute atomic E-state index is 13.8. The van der Waals surface area contributed by atoms with Crippen LogP contribution in [0.25, 0.3) is 11.3 Å². The third kappa shape index (κ3) is 3.43. The number of halogens is 1. The summed E-state index contributed by atoms with van der Waals surface area (Å²) in [6.07, 6.45) is 3.13. The molecule has 4 nitrogen and oxygen atoms in total. The maximum atomic E-state index is 13.8. The summed E-state index contributed by atoms with van der Waals surface area (Å²) in [6.45, 7) is 4.29. The quantitative estimate of drug-likeness (QED) is 0.852. The van der Waals surface area contributed by atoms with Gasteiger partial charge in [0, 0.05) is 18.2 Å². The summed E-state index contributed by atoms with van der Waals surface area (Å²) in [4.78, 5) is 4.30. The molecule has 0 aliphatic heterocycles. The van der Waals surface area contributed by atoms with Crippen LogP contribution >= 0.6 is 0 Å². The van der Waals surface area contributed by atoms with Crippen molar-refractivity contribution >= 4 is 0 Å². The molecule has 0 bridgehead atoms. The van der Waals surface area contributed by atoms with Gasteiger partial charge in [-0.05, 0) is 24.1 Å². The third-order valence-electron chi connectivity index (χ3n) is 3.27. The van der Waals surface area contributed by atoms with Crippen LogP contribution in [0.5, 0.6) is 0 Å². The molecule has 0 unspecified atom stereocenters. The van der Waals surface area contributed by atoms with Gasteiger partial charge in [-0.15, -0.1) is 0 Å². The second-order valence-corrected chi connectivity index (χ2v) is 5.05. The van der Waals surface area contributed by atoms with Crippen LogP contribution in [0.4, 0.5) is 4.39 Å². The molecule has 0 aromatic carbocycles. The number of aliphatic hydroxyl groups excluding tert-OH is 1. The molecule has 108 valence electrons. The van der Waals surface area contributed by atoms with Gasteiger partial charge in [0.1, 0.15) is 5.82 Å². The van der Waals surface area contributed by atoms with Crippen molar-refractivity contribution in [2.75, 3.05) is 6.61 Å². The minimum atomic E-state index is -0.356. The van der Waals surface area contributed by atoms with Crippen LogP contribution in [0.3, 0.4) is 0 Å². The summed E-state index contributed by atoms with van der Waals surface area (Å²) in [5.74, 6) is -0.0923. The van der Waals surface area contributed by atoms with Gasteiger partial charge in [-0.3, -0.25) is 0 Å². The summed E-state index contributed by atoms with van der Waals surface area (Å²) in [5.41, 5.74) is 1.82. The average Bonchev–Trinajstić information content (AvgIpc) is 2.95. The fourth-order valence-electron chi connectivity index (χ4n) is 1.92. The molecule has 5 heteroatoms. The highest BCUT2D eigenvalue weighted by molar-refractivity contribution is 5.57. The Morgan fingerprint density at radius 1 is 1.35 bits per heavy atom. The van der Waals surface area contributed by atoms with E-state index >= 15 is 0 Å². The van der Waals surface area contributed by atoms with Crippen molar-refractivity contribution in [2.45, 2.75) is 26.4 Å². The van der Waals surface area contributed by atoms with Crippen LogP contribution in [0.2, 0.25) is 0 Å². The standard InChI is InChI=1S/C15H19FN2O2/c1-10(2)15(8-19)17-7-14-12(16)3-4-13(18-14)11-5-6-20-9-11/h3-6,9-10,15,17,19H,7-8H2,1-2H3/t15-/m0/s1. The molecule has 2 N–H and O–H groups in total. The van der Waals surface area contributed by atoms with Crippen molar-refractivity contribution < 1.29 is 13.9 Å². The minimum absolute atomic E-state index is 0.0146. The summed E-state index contributed by atoms with van der Waals surface area (Å²) in [7, 11) is 0. The Labute approximate surface area is 117 Å². The molecule has 0 saturated carbocycles. The SMILES string of the molecule is CC(C)[C@H](CO)NCc1nc(-c2ccoc2)ccc1F. The molecular weight excluding hydrogens is 259 g/mol. The first kappa shape index (κ1) is 14.7. The Kier molecular flexibility index (Phi) is 4.87. The molecule has 1 atom stereocenters. The zero-order valence-electron chi connectivity index (χ0n) is 11.6. The number of aromatic nitrogens is 1. The molecule has 0 aliphatic carbocycles. The lowest BCUT2D eigenvalue weighted by Gasteiger charge is -2.19. The van der Waals surface area contributed by atoms with Gasteiger partial charge in [-0.25, -0.2) is 9.37 Å².